The van der Waals surface area contributed by atoms with E-state index in [1.54, 1.807) is 25.5 Å². The summed E-state index contributed by atoms with van der Waals surface area (Å²) in [5, 5.41) is 15.1. The third-order valence-electron chi connectivity index (χ3n) is 4.78. The number of fused-ring (bicyclic) bond motifs is 1. The SMILES string of the molecule is CC(C)CN1CCCc2cc(N=Nc3nnc(C(=O)OC(C)(C)C)s3)c(NS(=O)(=O)C(F)(F)F)cc21. The Kier molecular flexibility index (Phi) is 7.93. The number of azo groups is 1. The third kappa shape index (κ3) is 6.90. The van der Waals surface area contributed by atoms with Crippen LogP contribution in [0.1, 0.15) is 56.4 Å². The molecule has 1 N–H and O–H groups in total. The fraction of sp³-hybridized carbons (Fsp3) is 0.571. The molecular weight excluding hydrogens is 521 g/mol. The van der Waals surface area contributed by atoms with Crippen molar-refractivity contribution >= 4 is 49.5 Å². The van der Waals surface area contributed by atoms with E-state index in [2.05, 4.69) is 20.4 Å². The molecule has 0 unspecified atom stereocenters. The molecule has 0 saturated carbocycles. The average Bonchev–Trinajstić information content (AvgIpc) is 3.19. The number of anilines is 2. The highest BCUT2D eigenvalue weighted by molar-refractivity contribution is 7.93. The highest BCUT2D eigenvalue weighted by Gasteiger charge is 2.46. The molecule has 10 nitrogen and oxygen atoms in total. The zero-order chi connectivity index (χ0) is 26.9. The van der Waals surface area contributed by atoms with Gasteiger partial charge in [-0.15, -0.1) is 20.4 Å². The number of nitrogens with one attached hydrogen (secondary N) is 1. The van der Waals surface area contributed by atoms with Gasteiger partial charge in [0, 0.05) is 18.8 Å². The van der Waals surface area contributed by atoms with Crippen molar-refractivity contribution in [3.8, 4) is 0 Å². The molecule has 3 rings (SSSR count). The number of aryl methyl sites for hydroxylation is 1. The summed E-state index contributed by atoms with van der Waals surface area (Å²) in [7, 11) is -5.70. The smallest absolute Gasteiger partial charge is 0.455 e. The normalized spacial score (nSPS) is 14.9. The predicted octanol–water partition coefficient (Wildman–Crippen LogP) is 5.58. The first kappa shape index (κ1) is 27.8. The molecule has 198 valence electrons. The lowest BCUT2D eigenvalue weighted by Gasteiger charge is -2.33. The van der Waals surface area contributed by atoms with Crippen LogP contribution in [0.4, 0.5) is 35.4 Å². The largest absolute Gasteiger partial charge is 0.516 e. The summed E-state index contributed by atoms with van der Waals surface area (Å²) in [6.45, 7) is 10.4. The standard InChI is InChI=1S/C21H27F3N6O4S2/c1-12(2)11-30-8-6-7-13-9-14(15(10-16(13)30)29-36(32,33)21(22,23)24)25-27-19-28-26-17(35-19)18(31)34-20(3,4)5/h9-10,12,29H,6-8,11H2,1-5H3. The Morgan fingerprint density at radius 3 is 2.53 bits per heavy atom. The Hall–Kier alpha value is -2.81. The van der Waals surface area contributed by atoms with Crippen LogP contribution in [0.3, 0.4) is 0 Å². The van der Waals surface area contributed by atoms with Crippen LogP contribution in [0.15, 0.2) is 22.4 Å². The number of carbonyl (C=O) groups excluding carboxylic acids is 1. The molecule has 0 fully saturated rings. The average molecular weight is 549 g/mol. The molecular formula is C21H27F3N6O4S2. The van der Waals surface area contributed by atoms with Crippen molar-refractivity contribution < 1.29 is 31.1 Å². The van der Waals surface area contributed by atoms with E-state index in [1.807, 2.05) is 18.7 Å². The molecule has 0 spiro atoms. The highest BCUT2D eigenvalue weighted by Crippen LogP contribution is 2.40. The molecule has 0 aliphatic carbocycles. The van der Waals surface area contributed by atoms with Crippen LogP contribution < -0.4 is 9.62 Å². The molecule has 0 saturated heterocycles. The van der Waals surface area contributed by atoms with E-state index in [-0.39, 0.29) is 27.4 Å². The topological polar surface area (TPSA) is 126 Å². The van der Waals surface area contributed by atoms with Gasteiger partial charge >= 0.3 is 21.5 Å². The Morgan fingerprint density at radius 1 is 1.22 bits per heavy atom. The quantitative estimate of drug-likeness (QED) is 0.354. The summed E-state index contributed by atoms with van der Waals surface area (Å²) in [6.07, 6.45) is 1.46. The van der Waals surface area contributed by atoms with Gasteiger partial charge in [0.2, 0.25) is 5.01 Å². The van der Waals surface area contributed by atoms with Gasteiger partial charge in [-0.2, -0.15) is 21.6 Å². The van der Waals surface area contributed by atoms with Crippen molar-refractivity contribution in [1.82, 2.24) is 10.2 Å². The molecule has 0 bridgehead atoms. The number of hydrogen-bond acceptors (Lipinski definition) is 10. The van der Waals surface area contributed by atoms with E-state index in [0.29, 0.717) is 25.2 Å². The number of sulfonamides is 1. The molecule has 15 heteroatoms. The molecule has 1 aliphatic heterocycles. The van der Waals surface area contributed by atoms with Crippen LogP contribution in [-0.2, 0) is 21.2 Å². The first-order chi connectivity index (χ1) is 16.6. The second kappa shape index (κ2) is 10.3. The number of nitrogens with zero attached hydrogens (tertiary/aromatic N) is 5. The molecule has 1 aromatic carbocycles. The number of esters is 1. The molecule has 1 aliphatic rings. The summed E-state index contributed by atoms with van der Waals surface area (Å²) >= 11 is 0.776. The third-order valence-corrected chi connectivity index (χ3v) is 6.66. The molecule has 36 heavy (non-hydrogen) atoms. The number of carbonyl (C=O) groups is 1. The zero-order valence-corrected chi connectivity index (χ0v) is 22.0. The van der Waals surface area contributed by atoms with Crippen molar-refractivity contribution in [1.29, 1.82) is 0 Å². The van der Waals surface area contributed by atoms with Crippen molar-refractivity contribution in [2.75, 3.05) is 22.7 Å². The molecule has 2 aromatic rings. The van der Waals surface area contributed by atoms with Crippen LogP contribution in [-0.4, -0.2) is 48.8 Å². The summed E-state index contributed by atoms with van der Waals surface area (Å²) in [6, 6.07) is 2.86. The van der Waals surface area contributed by atoms with E-state index in [1.165, 1.54) is 12.1 Å². The van der Waals surface area contributed by atoms with E-state index in [0.717, 1.165) is 23.3 Å². The lowest BCUT2D eigenvalue weighted by atomic mass is 9.99. The van der Waals surface area contributed by atoms with Crippen LogP contribution in [0.5, 0.6) is 0 Å². The Morgan fingerprint density at radius 2 is 1.92 bits per heavy atom. The fourth-order valence-corrected chi connectivity index (χ4v) is 4.56. The number of benzene rings is 1. The number of rotatable bonds is 7. The first-order valence-electron chi connectivity index (χ1n) is 11.1. The van der Waals surface area contributed by atoms with Crippen molar-refractivity contribution in [3.63, 3.8) is 0 Å². The maximum Gasteiger partial charge on any atom is 0.516 e. The second-order valence-electron chi connectivity index (χ2n) is 9.58. The fourth-order valence-electron chi connectivity index (χ4n) is 3.45. The highest BCUT2D eigenvalue weighted by atomic mass is 32.2. The van der Waals surface area contributed by atoms with Crippen LogP contribution in [0.2, 0.25) is 0 Å². The van der Waals surface area contributed by atoms with Crippen molar-refractivity contribution in [2.24, 2.45) is 16.1 Å². The van der Waals surface area contributed by atoms with Gasteiger partial charge in [0.1, 0.15) is 11.3 Å². The van der Waals surface area contributed by atoms with E-state index < -0.39 is 27.1 Å². The summed E-state index contributed by atoms with van der Waals surface area (Å²) < 4.78 is 69.9. The van der Waals surface area contributed by atoms with E-state index in [9.17, 15) is 26.4 Å². The minimum absolute atomic E-state index is 0.0559. The monoisotopic (exact) mass is 548 g/mol. The lowest BCUT2D eigenvalue weighted by Crippen LogP contribution is -2.33. The maximum absolute atomic E-state index is 13.1. The van der Waals surface area contributed by atoms with Gasteiger partial charge in [0.25, 0.3) is 5.13 Å². The number of alkyl halides is 3. The van der Waals surface area contributed by atoms with Crippen LogP contribution >= 0.6 is 11.3 Å². The van der Waals surface area contributed by atoms with Gasteiger partial charge in [0.15, 0.2) is 0 Å². The van der Waals surface area contributed by atoms with Gasteiger partial charge in [-0.1, -0.05) is 25.2 Å². The summed E-state index contributed by atoms with van der Waals surface area (Å²) in [4.78, 5) is 14.2. The predicted molar refractivity (Wildman–Crippen MR) is 130 cm³/mol. The Balaban J connectivity index is 1.99. The van der Waals surface area contributed by atoms with E-state index >= 15 is 0 Å². The second-order valence-corrected chi connectivity index (χ2v) is 12.2. The molecule has 2 heterocycles. The van der Waals surface area contributed by atoms with Crippen LogP contribution in [0, 0.1) is 5.92 Å². The maximum atomic E-state index is 13.1. The van der Waals surface area contributed by atoms with Gasteiger partial charge in [-0.05, 0) is 57.2 Å². The number of hydrogen-bond donors (Lipinski definition) is 1. The molecule has 0 amide bonds. The Bertz CT molecular complexity index is 1250. The number of aromatic nitrogens is 2. The molecule has 0 radical (unpaired) electrons. The number of halogens is 3. The molecule has 1 aromatic heterocycles. The van der Waals surface area contributed by atoms with Gasteiger partial charge < -0.3 is 9.64 Å². The minimum Gasteiger partial charge on any atom is -0.455 e. The van der Waals surface area contributed by atoms with Gasteiger partial charge in [0.05, 0.1) is 5.69 Å². The Labute approximate surface area is 211 Å². The minimum atomic E-state index is -5.70. The van der Waals surface area contributed by atoms with Gasteiger partial charge in [-0.3, -0.25) is 4.72 Å². The molecule has 0 atom stereocenters. The van der Waals surface area contributed by atoms with E-state index in [4.69, 9.17) is 4.74 Å². The van der Waals surface area contributed by atoms with Crippen molar-refractivity contribution in [2.45, 2.75) is 58.6 Å². The number of ether oxygens (including phenoxy) is 1. The van der Waals surface area contributed by atoms with Crippen LogP contribution in [0.25, 0.3) is 0 Å². The summed E-state index contributed by atoms with van der Waals surface area (Å²) in [5.74, 6) is -0.429. The van der Waals surface area contributed by atoms with Gasteiger partial charge in [-0.25, -0.2) is 4.79 Å². The zero-order valence-electron chi connectivity index (χ0n) is 20.4. The van der Waals surface area contributed by atoms with Crippen molar-refractivity contribution in [3.05, 3.63) is 22.7 Å². The summed E-state index contributed by atoms with van der Waals surface area (Å²) in [5.41, 5.74) is -5.32. The first-order valence-corrected chi connectivity index (χ1v) is 13.4. The lowest BCUT2D eigenvalue weighted by molar-refractivity contribution is -0.0429.